The maximum Gasteiger partial charge on any atom is 0.0345 e. The van der Waals surface area contributed by atoms with E-state index in [1.54, 1.807) is 4.88 Å². The van der Waals surface area contributed by atoms with Gasteiger partial charge in [-0.15, -0.1) is 11.3 Å². The summed E-state index contributed by atoms with van der Waals surface area (Å²) < 4.78 is 1.44. The summed E-state index contributed by atoms with van der Waals surface area (Å²) in [6.07, 6.45) is 15.5. The monoisotopic (exact) mass is 302 g/mol. The smallest absolute Gasteiger partial charge is 0.0345 e. The van der Waals surface area contributed by atoms with E-state index < -0.39 is 0 Å². The Morgan fingerprint density at radius 2 is 1.38 bits per heavy atom. The highest BCUT2D eigenvalue weighted by molar-refractivity contribution is 7.19. The number of aryl methyl sites for hydroxylation is 1. The highest BCUT2D eigenvalue weighted by atomic mass is 32.1. The van der Waals surface area contributed by atoms with Crippen molar-refractivity contribution in [3.05, 3.63) is 35.2 Å². The van der Waals surface area contributed by atoms with Crippen LogP contribution in [-0.2, 0) is 6.42 Å². The van der Waals surface area contributed by atoms with Gasteiger partial charge >= 0.3 is 0 Å². The predicted molar refractivity (Wildman–Crippen MR) is 97.4 cm³/mol. The highest BCUT2D eigenvalue weighted by Crippen LogP contribution is 2.26. The van der Waals surface area contributed by atoms with Gasteiger partial charge in [-0.1, -0.05) is 82.9 Å². The molecule has 0 amide bonds. The average molecular weight is 303 g/mol. The van der Waals surface area contributed by atoms with Crippen LogP contribution in [0.5, 0.6) is 0 Å². The SMILES string of the molecule is CCCCCCCCCCCCc1cc2ccccc2s1. The van der Waals surface area contributed by atoms with Crippen molar-refractivity contribution in [2.75, 3.05) is 0 Å². The molecular formula is C20H30S. The summed E-state index contributed by atoms with van der Waals surface area (Å²) in [5.74, 6) is 0. The van der Waals surface area contributed by atoms with Crippen molar-refractivity contribution in [2.24, 2.45) is 0 Å². The lowest BCUT2D eigenvalue weighted by Crippen LogP contribution is -1.84. The fourth-order valence-electron chi connectivity index (χ4n) is 2.95. The van der Waals surface area contributed by atoms with Crippen LogP contribution in [0.25, 0.3) is 10.1 Å². The number of rotatable bonds is 11. The molecule has 0 fully saturated rings. The molecule has 0 aliphatic carbocycles. The molecule has 0 saturated carbocycles. The molecule has 0 nitrogen and oxygen atoms in total. The van der Waals surface area contributed by atoms with Crippen molar-refractivity contribution in [2.45, 2.75) is 77.6 Å². The van der Waals surface area contributed by atoms with E-state index in [4.69, 9.17) is 0 Å². The first-order valence-electron chi connectivity index (χ1n) is 8.87. The van der Waals surface area contributed by atoms with Crippen molar-refractivity contribution in [1.82, 2.24) is 0 Å². The third kappa shape index (κ3) is 6.22. The molecule has 2 rings (SSSR count). The zero-order valence-corrected chi connectivity index (χ0v) is 14.4. The quantitative estimate of drug-likeness (QED) is 0.380. The second-order valence-electron chi connectivity index (χ2n) is 6.18. The number of hydrogen-bond acceptors (Lipinski definition) is 1. The predicted octanol–water partition coefficient (Wildman–Crippen LogP) is 7.36. The molecule has 21 heavy (non-hydrogen) atoms. The Morgan fingerprint density at radius 3 is 2.05 bits per heavy atom. The van der Waals surface area contributed by atoms with E-state index in [2.05, 4.69) is 37.3 Å². The average Bonchev–Trinajstić information content (AvgIpc) is 2.92. The van der Waals surface area contributed by atoms with Crippen LogP contribution in [0.3, 0.4) is 0 Å². The van der Waals surface area contributed by atoms with Crippen LogP contribution in [0, 0.1) is 0 Å². The van der Waals surface area contributed by atoms with Crippen molar-refractivity contribution in [3.63, 3.8) is 0 Å². The molecular weight excluding hydrogens is 272 g/mol. The van der Waals surface area contributed by atoms with Crippen LogP contribution >= 0.6 is 11.3 Å². The molecule has 0 radical (unpaired) electrons. The van der Waals surface area contributed by atoms with Crippen molar-refractivity contribution < 1.29 is 0 Å². The molecule has 1 heterocycles. The van der Waals surface area contributed by atoms with E-state index in [1.807, 2.05) is 11.3 Å². The van der Waals surface area contributed by atoms with E-state index >= 15 is 0 Å². The van der Waals surface area contributed by atoms with Crippen molar-refractivity contribution in [3.8, 4) is 0 Å². The summed E-state index contributed by atoms with van der Waals surface area (Å²) in [6.45, 7) is 2.29. The van der Waals surface area contributed by atoms with Crippen LogP contribution in [0.2, 0.25) is 0 Å². The largest absolute Gasteiger partial charge is 0.140 e. The zero-order valence-electron chi connectivity index (χ0n) is 13.6. The van der Waals surface area contributed by atoms with Crippen molar-refractivity contribution in [1.29, 1.82) is 0 Å². The van der Waals surface area contributed by atoms with Gasteiger partial charge in [0.1, 0.15) is 0 Å². The summed E-state index contributed by atoms with van der Waals surface area (Å²) >= 11 is 1.98. The number of unbranched alkanes of at least 4 members (excludes halogenated alkanes) is 9. The molecule has 0 aliphatic heterocycles. The van der Waals surface area contributed by atoms with E-state index in [0.717, 1.165) is 0 Å². The van der Waals surface area contributed by atoms with E-state index in [-0.39, 0.29) is 0 Å². The molecule has 0 aliphatic rings. The fraction of sp³-hybridized carbons (Fsp3) is 0.600. The van der Waals surface area contributed by atoms with Crippen molar-refractivity contribution >= 4 is 21.4 Å². The van der Waals surface area contributed by atoms with Gasteiger partial charge < -0.3 is 0 Å². The van der Waals surface area contributed by atoms with E-state index in [9.17, 15) is 0 Å². The molecule has 1 aromatic heterocycles. The van der Waals surface area contributed by atoms with Crippen LogP contribution < -0.4 is 0 Å². The summed E-state index contributed by atoms with van der Waals surface area (Å²) in [4.78, 5) is 1.57. The lowest BCUT2D eigenvalue weighted by molar-refractivity contribution is 0.557. The first kappa shape index (κ1) is 16.5. The molecule has 116 valence electrons. The third-order valence-corrected chi connectivity index (χ3v) is 5.43. The molecule has 0 bridgehead atoms. The molecule has 0 saturated heterocycles. The number of fused-ring (bicyclic) bond motifs is 1. The molecule has 0 unspecified atom stereocenters. The minimum Gasteiger partial charge on any atom is -0.140 e. The van der Waals surface area contributed by atoms with Gasteiger partial charge in [0.2, 0.25) is 0 Å². The number of thiophene rings is 1. The maximum absolute atomic E-state index is 2.38. The maximum atomic E-state index is 2.38. The van der Waals surface area contributed by atoms with Gasteiger partial charge in [0.15, 0.2) is 0 Å². The molecule has 2 aromatic rings. The summed E-state index contributed by atoms with van der Waals surface area (Å²) in [5, 5.41) is 1.42. The molecule has 1 heteroatoms. The first-order valence-corrected chi connectivity index (χ1v) is 9.69. The zero-order chi connectivity index (χ0) is 14.8. The van der Waals surface area contributed by atoms with Gasteiger partial charge in [-0.05, 0) is 30.4 Å². The highest BCUT2D eigenvalue weighted by Gasteiger charge is 2.00. The summed E-state index contributed by atoms with van der Waals surface area (Å²) in [6, 6.07) is 11.1. The van der Waals surface area contributed by atoms with Gasteiger partial charge in [-0.2, -0.15) is 0 Å². The first-order chi connectivity index (χ1) is 10.4. The Bertz CT molecular complexity index is 464. The lowest BCUT2D eigenvalue weighted by Gasteiger charge is -2.01. The van der Waals surface area contributed by atoms with E-state index in [1.165, 1.54) is 80.7 Å². The number of benzene rings is 1. The van der Waals surface area contributed by atoms with Gasteiger partial charge in [0, 0.05) is 9.58 Å². The Hall–Kier alpha value is -0.820. The Labute approximate surface area is 134 Å². The number of hydrogen-bond donors (Lipinski definition) is 0. The van der Waals surface area contributed by atoms with Gasteiger partial charge in [-0.25, -0.2) is 0 Å². The molecule has 1 aromatic carbocycles. The Balaban J connectivity index is 1.50. The second kappa shape index (κ2) is 10.00. The van der Waals surface area contributed by atoms with Crippen LogP contribution in [-0.4, -0.2) is 0 Å². The summed E-state index contributed by atoms with van der Waals surface area (Å²) in [5.41, 5.74) is 0. The van der Waals surface area contributed by atoms with Gasteiger partial charge in [0.25, 0.3) is 0 Å². The van der Waals surface area contributed by atoms with Gasteiger partial charge in [-0.3, -0.25) is 0 Å². The molecule has 0 N–H and O–H groups in total. The Kier molecular flexibility index (Phi) is 7.88. The fourth-order valence-corrected chi connectivity index (χ4v) is 4.05. The topological polar surface area (TPSA) is 0 Å². The van der Waals surface area contributed by atoms with Crippen LogP contribution in [0.15, 0.2) is 30.3 Å². The van der Waals surface area contributed by atoms with Gasteiger partial charge in [0.05, 0.1) is 0 Å². The molecule has 0 atom stereocenters. The minimum absolute atomic E-state index is 1.27. The third-order valence-electron chi connectivity index (χ3n) is 4.25. The summed E-state index contributed by atoms with van der Waals surface area (Å²) in [7, 11) is 0. The molecule has 0 spiro atoms. The lowest BCUT2D eigenvalue weighted by atomic mass is 10.1. The Morgan fingerprint density at radius 1 is 0.762 bits per heavy atom. The second-order valence-corrected chi connectivity index (χ2v) is 7.35. The standard InChI is InChI=1S/C20H30S/c1-2-3-4-5-6-7-8-9-10-11-15-19-17-18-14-12-13-16-20(18)21-19/h12-14,16-17H,2-11,15H2,1H3. The van der Waals surface area contributed by atoms with E-state index in [0.29, 0.717) is 0 Å². The van der Waals surface area contributed by atoms with Crippen LogP contribution in [0.4, 0.5) is 0 Å². The minimum atomic E-state index is 1.27. The normalized spacial score (nSPS) is 11.3. The van der Waals surface area contributed by atoms with Crippen LogP contribution in [0.1, 0.15) is 76.0 Å².